The topological polar surface area (TPSA) is 103 Å². The molecule has 8 heteroatoms. The first-order valence-electron chi connectivity index (χ1n) is 8.97. The third kappa shape index (κ3) is 3.62. The summed E-state index contributed by atoms with van der Waals surface area (Å²) in [7, 11) is 0. The van der Waals surface area contributed by atoms with E-state index >= 15 is 0 Å². The van der Waals surface area contributed by atoms with E-state index in [9.17, 15) is 0 Å². The molecule has 4 heterocycles. The van der Waals surface area contributed by atoms with E-state index in [1.54, 1.807) is 24.8 Å². The number of aromatic nitrogens is 5. The second kappa shape index (κ2) is 7.59. The molecule has 142 valence electrons. The van der Waals surface area contributed by atoms with Gasteiger partial charge < -0.3 is 14.3 Å². The van der Waals surface area contributed by atoms with Crippen molar-refractivity contribution in [3.63, 3.8) is 0 Å². The fourth-order valence-corrected chi connectivity index (χ4v) is 3.00. The first-order chi connectivity index (χ1) is 13.6. The van der Waals surface area contributed by atoms with Gasteiger partial charge in [0.25, 0.3) is 0 Å². The van der Waals surface area contributed by atoms with Crippen molar-refractivity contribution in [1.29, 1.82) is 0 Å². The number of hydrogen-bond acceptors (Lipinski definition) is 8. The van der Waals surface area contributed by atoms with E-state index in [-0.39, 0.29) is 0 Å². The van der Waals surface area contributed by atoms with Gasteiger partial charge in [-0.3, -0.25) is 9.97 Å². The quantitative estimate of drug-likeness (QED) is 0.542. The minimum absolute atomic E-state index is 0.517. The lowest BCUT2D eigenvalue weighted by molar-refractivity contribution is 0.392. The highest BCUT2D eigenvalue weighted by Crippen LogP contribution is 2.30. The Morgan fingerprint density at radius 1 is 1.04 bits per heavy atom. The second-order valence-corrected chi connectivity index (χ2v) is 6.44. The number of nitrogens with one attached hydrogen (secondary N) is 1. The van der Waals surface area contributed by atoms with Gasteiger partial charge in [-0.1, -0.05) is 5.16 Å². The molecule has 0 bridgehead atoms. The molecule has 0 radical (unpaired) electrons. The van der Waals surface area contributed by atoms with E-state index in [1.165, 1.54) is 0 Å². The van der Waals surface area contributed by atoms with E-state index in [0.717, 1.165) is 34.8 Å². The molecular formula is C20H20N6O2. The molecule has 1 N–H and O–H groups in total. The molecule has 0 fully saturated rings. The van der Waals surface area contributed by atoms with Gasteiger partial charge in [-0.2, -0.15) is 0 Å². The maximum absolute atomic E-state index is 5.79. The third-order valence-electron chi connectivity index (χ3n) is 4.44. The van der Waals surface area contributed by atoms with Crippen molar-refractivity contribution in [2.45, 2.75) is 27.2 Å². The van der Waals surface area contributed by atoms with Crippen molar-refractivity contribution in [2.75, 3.05) is 11.9 Å². The van der Waals surface area contributed by atoms with Crippen LogP contribution in [0.3, 0.4) is 0 Å². The molecule has 0 aliphatic carbocycles. The average Bonchev–Trinajstić information content (AvgIpc) is 3.29. The van der Waals surface area contributed by atoms with Crippen LogP contribution in [0.25, 0.3) is 22.7 Å². The summed E-state index contributed by atoms with van der Waals surface area (Å²) in [6.07, 6.45) is 7.46. The van der Waals surface area contributed by atoms with Crippen molar-refractivity contribution in [3.05, 3.63) is 59.7 Å². The summed E-state index contributed by atoms with van der Waals surface area (Å²) in [5, 5.41) is 7.25. The molecule has 0 amide bonds. The first-order valence-corrected chi connectivity index (χ1v) is 8.97. The molecule has 8 nitrogen and oxygen atoms in total. The largest absolute Gasteiger partial charge is 0.460 e. The number of anilines is 1. The maximum Gasteiger partial charge on any atom is 0.223 e. The Balaban J connectivity index is 1.61. The number of rotatable bonds is 6. The predicted octanol–water partition coefficient (Wildman–Crippen LogP) is 3.76. The summed E-state index contributed by atoms with van der Waals surface area (Å²) in [6, 6.07) is 3.80. The van der Waals surface area contributed by atoms with E-state index in [4.69, 9.17) is 8.94 Å². The fraction of sp³-hybridized carbons (Fsp3) is 0.250. The molecule has 0 unspecified atom stereocenters. The van der Waals surface area contributed by atoms with Crippen LogP contribution in [-0.4, -0.2) is 31.6 Å². The molecule has 0 spiro atoms. The van der Waals surface area contributed by atoms with Crippen molar-refractivity contribution in [1.82, 2.24) is 25.1 Å². The van der Waals surface area contributed by atoms with Crippen LogP contribution in [0.15, 0.2) is 45.9 Å². The fourth-order valence-electron chi connectivity index (χ4n) is 3.00. The van der Waals surface area contributed by atoms with Crippen LogP contribution >= 0.6 is 0 Å². The Morgan fingerprint density at radius 2 is 1.93 bits per heavy atom. The van der Waals surface area contributed by atoms with Gasteiger partial charge in [0.1, 0.15) is 17.2 Å². The number of furan rings is 1. The summed E-state index contributed by atoms with van der Waals surface area (Å²) >= 11 is 0. The Morgan fingerprint density at radius 3 is 2.61 bits per heavy atom. The first kappa shape index (κ1) is 17.8. The monoisotopic (exact) mass is 376 g/mol. The zero-order valence-electron chi connectivity index (χ0n) is 15.9. The molecule has 4 aromatic rings. The Hall–Kier alpha value is -3.55. The van der Waals surface area contributed by atoms with Crippen molar-refractivity contribution >= 4 is 5.95 Å². The Bertz CT molecular complexity index is 1070. The van der Waals surface area contributed by atoms with E-state index in [2.05, 4.69) is 30.4 Å². The lowest BCUT2D eigenvalue weighted by atomic mass is 10.1. The summed E-state index contributed by atoms with van der Waals surface area (Å²) in [4.78, 5) is 17.6. The maximum atomic E-state index is 5.79. The highest BCUT2D eigenvalue weighted by Gasteiger charge is 2.16. The second-order valence-electron chi connectivity index (χ2n) is 6.44. The zero-order valence-corrected chi connectivity index (χ0v) is 15.9. The summed E-state index contributed by atoms with van der Waals surface area (Å²) in [5.41, 5.74) is 4.13. The molecule has 4 aromatic heterocycles. The molecule has 28 heavy (non-hydrogen) atoms. The number of nitrogens with zero attached hydrogens (tertiary/aromatic N) is 5. The lowest BCUT2D eigenvalue weighted by Gasteiger charge is -2.09. The highest BCUT2D eigenvalue weighted by molar-refractivity contribution is 5.76. The normalized spacial score (nSPS) is 11.0. The molecule has 0 aliphatic heterocycles. The van der Waals surface area contributed by atoms with Crippen LogP contribution in [0.5, 0.6) is 0 Å². The lowest BCUT2D eigenvalue weighted by Crippen LogP contribution is -2.09. The standard InChI is InChI=1S/C20H20N6O2/c1-12-4-5-18(27-12)19-16(17-11-21-8-9-22-17)10-24-20(25-19)23-7-6-15-13(2)26-28-14(15)3/h4-5,8-11H,6-7H2,1-3H3,(H,23,24,25). The Labute approximate surface area is 162 Å². The smallest absolute Gasteiger partial charge is 0.223 e. The number of aryl methyl sites for hydroxylation is 3. The van der Waals surface area contributed by atoms with Crippen LogP contribution in [0.4, 0.5) is 5.95 Å². The summed E-state index contributed by atoms with van der Waals surface area (Å²) in [6.45, 7) is 6.41. The van der Waals surface area contributed by atoms with Gasteiger partial charge in [0, 0.05) is 36.3 Å². The molecule has 4 rings (SSSR count). The molecule has 0 saturated heterocycles. The third-order valence-corrected chi connectivity index (χ3v) is 4.44. The van der Waals surface area contributed by atoms with E-state index in [0.29, 0.717) is 29.6 Å². The summed E-state index contributed by atoms with van der Waals surface area (Å²) in [5.74, 6) is 2.83. The van der Waals surface area contributed by atoms with Crippen molar-refractivity contribution in [2.24, 2.45) is 0 Å². The van der Waals surface area contributed by atoms with E-state index in [1.807, 2.05) is 32.9 Å². The van der Waals surface area contributed by atoms with Gasteiger partial charge >= 0.3 is 0 Å². The minimum atomic E-state index is 0.517. The van der Waals surface area contributed by atoms with Gasteiger partial charge in [0.15, 0.2) is 5.76 Å². The van der Waals surface area contributed by atoms with Gasteiger partial charge in [-0.05, 0) is 39.3 Å². The minimum Gasteiger partial charge on any atom is -0.460 e. The van der Waals surface area contributed by atoms with Crippen molar-refractivity contribution in [3.8, 4) is 22.7 Å². The van der Waals surface area contributed by atoms with Gasteiger partial charge in [0.2, 0.25) is 5.95 Å². The molecule has 0 aromatic carbocycles. The SMILES string of the molecule is Cc1ccc(-c2nc(NCCc3c(C)noc3C)ncc2-c2cnccn2)o1. The van der Waals surface area contributed by atoms with Crippen molar-refractivity contribution < 1.29 is 8.94 Å². The van der Waals surface area contributed by atoms with Crippen LogP contribution < -0.4 is 5.32 Å². The number of hydrogen-bond donors (Lipinski definition) is 1. The van der Waals surface area contributed by atoms with Crippen LogP contribution in [0.2, 0.25) is 0 Å². The molecule has 0 aliphatic rings. The van der Waals surface area contributed by atoms with Gasteiger partial charge in [-0.25, -0.2) is 9.97 Å². The van der Waals surface area contributed by atoms with Crippen LogP contribution in [-0.2, 0) is 6.42 Å². The predicted molar refractivity (Wildman–Crippen MR) is 104 cm³/mol. The van der Waals surface area contributed by atoms with Crippen LogP contribution in [0.1, 0.15) is 22.8 Å². The Kier molecular flexibility index (Phi) is 4.84. The summed E-state index contributed by atoms with van der Waals surface area (Å²) < 4.78 is 11.0. The molecular weight excluding hydrogens is 356 g/mol. The molecule has 0 saturated carbocycles. The van der Waals surface area contributed by atoms with E-state index < -0.39 is 0 Å². The van der Waals surface area contributed by atoms with Gasteiger partial charge in [-0.15, -0.1) is 0 Å². The molecule has 0 atom stereocenters. The average molecular weight is 376 g/mol. The zero-order chi connectivity index (χ0) is 19.5. The van der Waals surface area contributed by atoms with Crippen LogP contribution in [0, 0.1) is 20.8 Å². The highest BCUT2D eigenvalue weighted by atomic mass is 16.5. The van der Waals surface area contributed by atoms with Gasteiger partial charge in [0.05, 0.1) is 17.6 Å².